The van der Waals surface area contributed by atoms with Crippen molar-refractivity contribution in [3.63, 3.8) is 0 Å². The fraction of sp³-hybridized carbons (Fsp3) is 0.167. The Morgan fingerprint density at radius 2 is 1.93 bits per heavy atom. The molecule has 2 aromatic heterocycles. The molecule has 1 aliphatic rings. The van der Waals surface area contributed by atoms with Gasteiger partial charge in [-0.25, -0.2) is 0 Å². The van der Waals surface area contributed by atoms with Gasteiger partial charge in [0.25, 0.3) is 5.91 Å². The van der Waals surface area contributed by atoms with Crippen LogP contribution in [0, 0.1) is 0 Å². The number of nitrogens with zero attached hydrogens (tertiary/aromatic N) is 2. The third kappa shape index (κ3) is 3.74. The van der Waals surface area contributed by atoms with E-state index in [9.17, 15) is 4.79 Å². The lowest BCUT2D eigenvalue weighted by Gasteiger charge is -2.26. The van der Waals surface area contributed by atoms with Crippen molar-refractivity contribution in [1.82, 2.24) is 15.1 Å². The molecule has 0 saturated heterocycles. The van der Waals surface area contributed by atoms with Gasteiger partial charge in [0, 0.05) is 18.2 Å². The van der Waals surface area contributed by atoms with Gasteiger partial charge in [0.1, 0.15) is 11.4 Å². The van der Waals surface area contributed by atoms with E-state index in [1.807, 2.05) is 70.9 Å². The van der Waals surface area contributed by atoms with Gasteiger partial charge in [0.15, 0.2) is 0 Å². The Labute approximate surface area is 178 Å². The molecule has 0 spiro atoms. The Morgan fingerprint density at radius 3 is 2.77 bits per heavy atom. The molecule has 0 bridgehead atoms. The Bertz CT molecular complexity index is 1150. The van der Waals surface area contributed by atoms with Crippen LogP contribution in [0.15, 0.2) is 78.3 Å². The monoisotopic (exact) mass is 415 g/mol. The number of ether oxygens (including phenoxy) is 1. The summed E-state index contributed by atoms with van der Waals surface area (Å²) in [4.78, 5) is 14.3. The van der Waals surface area contributed by atoms with E-state index >= 15 is 0 Å². The van der Waals surface area contributed by atoms with Crippen molar-refractivity contribution in [2.24, 2.45) is 0 Å². The third-order valence-electron chi connectivity index (χ3n) is 5.21. The minimum Gasteiger partial charge on any atom is -0.493 e. The number of carbonyl (C=O) groups excluding carboxylic acids is 1. The van der Waals surface area contributed by atoms with Crippen LogP contribution in [0.25, 0.3) is 10.6 Å². The summed E-state index contributed by atoms with van der Waals surface area (Å²) in [7, 11) is 0. The van der Waals surface area contributed by atoms with E-state index in [1.54, 1.807) is 11.3 Å². The normalized spacial score (nSPS) is 15.3. The van der Waals surface area contributed by atoms with Gasteiger partial charge in [0.05, 0.1) is 29.6 Å². The summed E-state index contributed by atoms with van der Waals surface area (Å²) in [6.45, 7) is 1.21. The molecule has 1 amide bonds. The predicted molar refractivity (Wildman–Crippen MR) is 118 cm³/mol. The number of rotatable bonds is 5. The van der Waals surface area contributed by atoms with Gasteiger partial charge in [0.2, 0.25) is 0 Å². The number of aromatic nitrogens is 2. The molecule has 150 valence electrons. The summed E-state index contributed by atoms with van der Waals surface area (Å²) >= 11 is 1.59. The number of hydrogen-bond acceptors (Lipinski definition) is 4. The van der Waals surface area contributed by atoms with E-state index < -0.39 is 0 Å². The molecule has 1 N–H and O–H groups in total. The van der Waals surface area contributed by atoms with Crippen molar-refractivity contribution in [1.29, 1.82) is 0 Å². The molecule has 2 aromatic carbocycles. The maximum Gasteiger partial charge on any atom is 0.255 e. The lowest BCUT2D eigenvalue weighted by atomic mass is 10.00. The Hall–Kier alpha value is -3.38. The number of thiophene rings is 1. The number of nitrogens with one attached hydrogen (secondary N) is 1. The summed E-state index contributed by atoms with van der Waals surface area (Å²) in [5, 5.41) is 9.95. The van der Waals surface area contributed by atoms with Crippen molar-refractivity contribution in [2.75, 3.05) is 6.61 Å². The highest BCUT2D eigenvalue weighted by atomic mass is 32.1. The highest BCUT2D eigenvalue weighted by molar-refractivity contribution is 7.13. The van der Waals surface area contributed by atoms with Crippen LogP contribution in [-0.4, -0.2) is 22.3 Å². The zero-order valence-electron chi connectivity index (χ0n) is 16.3. The number of fused-ring (bicyclic) bond motifs is 1. The summed E-state index contributed by atoms with van der Waals surface area (Å²) < 4.78 is 7.57. The van der Waals surface area contributed by atoms with Crippen molar-refractivity contribution in [2.45, 2.75) is 19.0 Å². The van der Waals surface area contributed by atoms with E-state index in [2.05, 4.69) is 17.4 Å². The minimum absolute atomic E-state index is 0.0730. The van der Waals surface area contributed by atoms with Crippen LogP contribution in [0.2, 0.25) is 0 Å². The molecule has 0 aliphatic carbocycles. The quantitative estimate of drug-likeness (QED) is 0.504. The smallest absolute Gasteiger partial charge is 0.255 e. The van der Waals surface area contributed by atoms with Crippen molar-refractivity contribution >= 4 is 17.2 Å². The first-order chi connectivity index (χ1) is 14.8. The summed E-state index contributed by atoms with van der Waals surface area (Å²) in [6.07, 6.45) is 2.60. The molecule has 0 unspecified atom stereocenters. The Morgan fingerprint density at radius 1 is 1.10 bits per heavy atom. The van der Waals surface area contributed by atoms with Gasteiger partial charge in [-0.1, -0.05) is 54.6 Å². The molecule has 0 fully saturated rings. The molecule has 1 aliphatic heterocycles. The van der Waals surface area contributed by atoms with Crippen LogP contribution in [0.4, 0.5) is 0 Å². The third-order valence-corrected chi connectivity index (χ3v) is 6.09. The fourth-order valence-corrected chi connectivity index (χ4v) is 4.49. The first-order valence-corrected chi connectivity index (χ1v) is 10.8. The molecule has 3 heterocycles. The van der Waals surface area contributed by atoms with E-state index in [0.29, 0.717) is 18.7 Å². The van der Waals surface area contributed by atoms with Gasteiger partial charge < -0.3 is 10.1 Å². The number of carbonyl (C=O) groups is 1. The highest BCUT2D eigenvalue weighted by Crippen LogP contribution is 2.33. The molecule has 1 atom stereocenters. The van der Waals surface area contributed by atoms with Gasteiger partial charge in [-0.2, -0.15) is 5.10 Å². The van der Waals surface area contributed by atoms with E-state index in [1.165, 1.54) is 0 Å². The van der Waals surface area contributed by atoms with Crippen LogP contribution in [0.3, 0.4) is 0 Å². The molecule has 4 aromatic rings. The fourth-order valence-electron chi connectivity index (χ4n) is 3.76. The second-order valence-corrected chi connectivity index (χ2v) is 8.20. The zero-order valence-corrected chi connectivity index (χ0v) is 17.1. The summed E-state index contributed by atoms with van der Waals surface area (Å²) in [5.41, 5.74) is 3.48. The number of benzene rings is 2. The van der Waals surface area contributed by atoms with Crippen molar-refractivity contribution < 1.29 is 9.53 Å². The number of hydrogen-bond donors (Lipinski definition) is 1. The molecule has 5 rings (SSSR count). The van der Waals surface area contributed by atoms with E-state index in [-0.39, 0.29) is 11.9 Å². The maximum atomic E-state index is 13.3. The van der Waals surface area contributed by atoms with Crippen LogP contribution < -0.4 is 10.1 Å². The van der Waals surface area contributed by atoms with Gasteiger partial charge in [-0.15, -0.1) is 11.3 Å². The lowest BCUT2D eigenvalue weighted by molar-refractivity contribution is 0.0925. The minimum atomic E-state index is -0.112. The molecule has 30 heavy (non-hydrogen) atoms. The van der Waals surface area contributed by atoms with Gasteiger partial charge >= 0.3 is 0 Å². The average Bonchev–Trinajstić information content (AvgIpc) is 3.45. The number of para-hydroxylation sites is 1. The SMILES string of the molecule is O=C(N[C@@H]1CCOc2ccccc21)c1cn(Cc2ccccc2)nc1-c1cccs1. The Kier molecular flexibility index (Phi) is 5.07. The first-order valence-electron chi connectivity index (χ1n) is 9.96. The lowest BCUT2D eigenvalue weighted by Crippen LogP contribution is -2.32. The van der Waals surface area contributed by atoms with E-state index in [0.717, 1.165) is 33.9 Å². The summed E-state index contributed by atoms with van der Waals surface area (Å²) in [5.74, 6) is 0.728. The molecular weight excluding hydrogens is 394 g/mol. The topological polar surface area (TPSA) is 56.1 Å². The number of amides is 1. The molecule has 0 radical (unpaired) electrons. The summed E-state index contributed by atoms with van der Waals surface area (Å²) in [6, 6.07) is 21.9. The largest absolute Gasteiger partial charge is 0.493 e. The standard InChI is InChI=1S/C24H21N3O2S/c28-24(25-20-12-13-29-21-10-5-4-9-18(20)21)19-16-27(15-17-7-2-1-3-8-17)26-23(19)22-11-6-14-30-22/h1-11,14,16,20H,12-13,15H2,(H,25,28)/t20-/m1/s1. The van der Waals surface area contributed by atoms with Crippen molar-refractivity contribution in [3.8, 4) is 16.3 Å². The second kappa shape index (κ2) is 8.16. The van der Waals surface area contributed by atoms with Crippen LogP contribution in [0.1, 0.15) is 33.9 Å². The predicted octanol–water partition coefficient (Wildman–Crippen LogP) is 4.91. The van der Waals surface area contributed by atoms with Gasteiger partial charge in [-0.3, -0.25) is 9.48 Å². The van der Waals surface area contributed by atoms with Crippen LogP contribution in [-0.2, 0) is 6.54 Å². The zero-order chi connectivity index (χ0) is 20.3. The molecular formula is C24H21N3O2S. The average molecular weight is 416 g/mol. The van der Waals surface area contributed by atoms with E-state index in [4.69, 9.17) is 9.84 Å². The molecule has 0 saturated carbocycles. The van der Waals surface area contributed by atoms with Gasteiger partial charge in [-0.05, 0) is 23.1 Å². The van der Waals surface area contributed by atoms with Crippen LogP contribution in [0.5, 0.6) is 5.75 Å². The van der Waals surface area contributed by atoms with Crippen LogP contribution >= 0.6 is 11.3 Å². The molecule has 5 nitrogen and oxygen atoms in total. The maximum absolute atomic E-state index is 13.3. The van der Waals surface area contributed by atoms with Crippen molar-refractivity contribution in [3.05, 3.63) is 95.0 Å². The second-order valence-electron chi connectivity index (χ2n) is 7.25. The highest BCUT2D eigenvalue weighted by Gasteiger charge is 2.26. The Balaban J connectivity index is 1.45. The first kappa shape index (κ1) is 18.6. The molecule has 6 heteroatoms.